The van der Waals surface area contributed by atoms with E-state index >= 15 is 0 Å². The Kier molecular flexibility index (Phi) is 7.06. The molecule has 2 aromatic rings. The van der Waals surface area contributed by atoms with Gasteiger partial charge in [-0.15, -0.1) is 0 Å². The molecule has 0 spiro atoms. The Morgan fingerprint density at radius 1 is 1.19 bits per heavy atom. The van der Waals surface area contributed by atoms with E-state index in [-0.39, 0.29) is 24.3 Å². The van der Waals surface area contributed by atoms with Crippen LogP contribution in [-0.4, -0.2) is 69.5 Å². The maximum atomic E-state index is 13.5. The van der Waals surface area contributed by atoms with E-state index in [9.17, 15) is 19.5 Å². The van der Waals surface area contributed by atoms with E-state index < -0.39 is 12.5 Å². The third-order valence-corrected chi connectivity index (χ3v) is 7.74. The molecule has 5 rings (SSSR count). The number of hydrogen-bond acceptors (Lipinski definition) is 5. The Morgan fingerprint density at radius 2 is 1.97 bits per heavy atom. The lowest BCUT2D eigenvalue weighted by molar-refractivity contribution is -0.133. The number of aliphatic imine (C=N–C) groups is 1. The number of hydrogen-bond donors (Lipinski definition) is 2. The Bertz CT molecular complexity index is 1350. The number of aromatic nitrogens is 2. The normalized spacial score (nSPS) is 20.6. The molecule has 0 saturated heterocycles. The third kappa shape index (κ3) is 5.00. The molecule has 3 aliphatic rings. The van der Waals surface area contributed by atoms with Gasteiger partial charge in [0.25, 0.3) is 11.8 Å². The monoisotopic (exact) mass is 503 g/mol. The van der Waals surface area contributed by atoms with Gasteiger partial charge in [0, 0.05) is 30.7 Å². The van der Waals surface area contributed by atoms with Gasteiger partial charge in [0.05, 0.1) is 29.2 Å². The molecule has 3 heterocycles. The van der Waals surface area contributed by atoms with Crippen LogP contribution < -0.4 is 5.32 Å². The zero-order valence-corrected chi connectivity index (χ0v) is 21.4. The van der Waals surface area contributed by atoms with E-state index in [0.29, 0.717) is 36.8 Å². The number of dihydropyridines is 1. The van der Waals surface area contributed by atoms with Gasteiger partial charge >= 0.3 is 0 Å². The molecule has 0 bridgehead atoms. The van der Waals surface area contributed by atoms with E-state index in [1.807, 2.05) is 25.1 Å². The zero-order valence-electron chi connectivity index (χ0n) is 21.4. The highest BCUT2D eigenvalue weighted by Crippen LogP contribution is 2.35. The zero-order chi connectivity index (χ0) is 26.1. The first-order valence-corrected chi connectivity index (χ1v) is 13.0. The van der Waals surface area contributed by atoms with Crippen LogP contribution in [0.1, 0.15) is 67.9 Å². The first-order valence-electron chi connectivity index (χ1n) is 13.0. The topological polar surface area (TPSA) is 117 Å². The minimum Gasteiger partial charge on any atom is -0.387 e. The average Bonchev–Trinajstić information content (AvgIpc) is 3.57. The van der Waals surface area contributed by atoms with Gasteiger partial charge in [0.15, 0.2) is 0 Å². The summed E-state index contributed by atoms with van der Waals surface area (Å²) in [6.07, 6.45) is 10.7. The number of benzene rings is 1. The first kappa shape index (κ1) is 25.1. The summed E-state index contributed by atoms with van der Waals surface area (Å²) in [5.74, 6) is -1.24. The minimum absolute atomic E-state index is 0.181. The highest BCUT2D eigenvalue weighted by molar-refractivity contribution is 6.08. The number of carbonyl (C=O) groups is 3. The van der Waals surface area contributed by atoms with Crippen LogP contribution in [-0.2, 0) is 9.59 Å². The molecule has 1 unspecified atom stereocenters. The number of nitrogens with zero attached hydrogens (tertiary/aromatic N) is 4. The van der Waals surface area contributed by atoms with Crippen LogP contribution >= 0.6 is 0 Å². The second-order valence-electron chi connectivity index (χ2n) is 10.2. The smallest absolute Gasteiger partial charge is 0.254 e. The van der Waals surface area contributed by atoms with Crippen molar-refractivity contribution in [3.63, 3.8) is 0 Å². The van der Waals surface area contributed by atoms with Crippen molar-refractivity contribution in [3.8, 4) is 0 Å². The summed E-state index contributed by atoms with van der Waals surface area (Å²) in [7, 11) is 0. The number of nitrogens with one attached hydrogen (secondary N) is 1. The largest absolute Gasteiger partial charge is 0.387 e. The Morgan fingerprint density at radius 3 is 2.65 bits per heavy atom. The fourth-order valence-electron chi connectivity index (χ4n) is 5.66. The molecule has 3 amide bonds. The Labute approximate surface area is 215 Å². The van der Waals surface area contributed by atoms with Gasteiger partial charge in [-0.25, -0.2) is 4.99 Å². The molecule has 1 saturated carbocycles. The van der Waals surface area contributed by atoms with Crippen LogP contribution in [0.15, 0.2) is 41.0 Å². The van der Waals surface area contributed by atoms with Gasteiger partial charge in [-0.2, -0.15) is 5.10 Å². The molecule has 2 aliphatic heterocycles. The standard InChI is InChI=1S/C28H33N5O4/c1-17-11-18(2)31-28(37)23(17)14-29-27(36)22-12-20(19-7-9-32(10-8-19)26(35)16-34)13-25-24(22)15-30-33(25)21-5-3-4-6-21/h7,11-13,15,21,23,34H,3-6,8-10,14,16H2,1-2H3,(H,29,36). The Balaban J connectivity index is 1.47. The molecule has 1 atom stereocenters. The predicted octanol–water partition coefficient (Wildman–Crippen LogP) is 3.05. The maximum Gasteiger partial charge on any atom is 0.254 e. The molecule has 0 radical (unpaired) electrons. The van der Waals surface area contributed by atoms with Crippen molar-refractivity contribution in [3.05, 3.63) is 47.2 Å². The van der Waals surface area contributed by atoms with Gasteiger partial charge in [-0.05, 0) is 62.5 Å². The number of fused-ring (bicyclic) bond motifs is 1. The van der Waals surface area contributed by atoms with Gasteiger partial charge < -0.3 is 15.3 Å². The summed E-state index contributed by atoms with van der Waals surface area (Å²) in [6.45, 7) is 4.30. The van der Waals surface area contributed by atoms with E-state index in [1.165, 1.54) is 12.8 Å². The van der Waals surface area contributed by atoms with Crippen molar-refractivity contribution in [1.82, 2.24) is 20.0 Å². The molecule has 1 aromatic carbocycles. The van der Waals surface area contributed by atoms with E-state index in [2.05, 4.69) is 21.1 Å². The highest BCUT2D eigenvalue weighted by Gasteiger charge is 2.27. The summed E-state index contributed by atoms with van der Waals surface area (Å²) in [6, 6.07) is 4.30. The van der Waals surface area contributed by atoms with Gasteiger partial charge in [0.1, 0.15) is 6.61 Å². The van der Waals surface area contributed by atoms with Crippen molar-refractivity contribution in [2.24, 2.45) is 10.9 Å². The van der Waals surface area contributed by atoms with Crippen LogP contribution in [0.2, 0.25) is 0 Å². The van der Waals surface area contributed by atoms with Crippen LogP contribution in [0, 0.1) is 5.92 Å². The number of carbonyl (C=O) groups excluding carboxylic acids is 3. The lowest BCUT2D eigenvalue weighted by Crippen LogP contribution is -2.36. The van der Waals surface area contributed by atoms with Gasteiger partial charge in [0.2, 0.25) is 5.91 Å². The fraction of sp³-hybridized carbons (Fsp3) is 0.464. The summed E-state index contributed by atoms with van der Waals surface area (Å²) in [5, 5.41) is 17.6. The summed E-state index contributed by atoms with van der Waals surface area (Å²) >= 11 is 0. The number of aliphatic hydroxyl groups excluding tert-OH is 1. The van der Waals surface area contributed by atoms with Crippen LogP contribution in [0.3, 0.4) is 0 Å². The molecular formula is C28H33N5O4. The van der Waals surface area contributed by atoms with Crippen molar-refractivity contribution >= 4 is 39.9 Å². The van der Waals surface area contributed by atoms with Crippen LogP contribution in [0.25, 0.3) is 16.5 Å². The van der Waals surface area contributed by atoms with Crippen LogP contribution in [0.5, 0.6) is 0 Å². The van der Waals surface area contributed by atoms with Crippen molar-refractivity contribution < 1.29 is 19.5 Å². The second kappa shape index (κ2) is 10.4. The molecule has 9 nitrogen and oxygen atoms in total. The average molecular weight is 504 g/mol. The second-order valence-corrected chi connectivity index (χ2v) is 10.2. The van der Waals surface area contributed by atoms with Gasteiger partial charge in [-0.1, -0.05) is 24.5 Å². The van der Waals surface area contributed by atoms with Crippen molar-refractivity contribution in [2.75, 3.05) is 26.2 Å². The maximum absolute atomic E-state index is 13.5. The highest BCUT2D eigenvalue weighted by atomic mass is 16.3. The van der Waals surface area contributed by atoms with E-state index in [1.54, 1.807) is 18.0 Å². The summed E-state index contributed by atoms with van der Waals surface area (Å²) in [5.41, 5.74) is 5.01. The van der Waals surface area contributed by atoms with Crippen LogP contribution in [0.4, 0.5) is 0 Å². The molecule has 37 heavy (non-hydrogen) atoms. The SMILES string of the molecule is CC1=CC(C)=NC(=O)C1CNC(=O)c1cc(C2=CCN(C(=O)CO)CC2)cc2c1cnn2C1CCCC1. The molecule has 2 N–H and O–H groups in total. The van der Waals surface area contributed by atoms with E-state index in [4.69, 9.17) is 5.10 Å². The number of amides is 3. The first-order chi connectivity index (χ1) is 17.9. The molecular weight excluding hydrogens is 470 g/mol. The van der Waals surface area contributed by atoms with Crippen molar-refractivity contribution in [1.29, 1.82) is 0 Å². The summed E-state index contributed by atoms with van der Waals surface area (Å²) in [4.78, 5) is 43.5. The Hall–Kier alpha value is -3.59. The number of aliphatic hydroxyl groups is 1. The lowest BCUT2D eigenvalue weighted by Gasteiger charge is -2.26. The predicted molar refractivity (Wildman–Crippen MR) is 141 cm³/mol. The summed E-state index contributed by atoms with van der Waals surface area (Å²) < 4.78 is 2.06. The molecule has 1 fully saturated rings. The molecule has 194 valence electrons. The quantitative estimate of drug-likeness (QED) is 0.628. The van der Waals surface area contributed by atoms with Gasteiger partial charge in [-0.3, -0.25) is 19.1 Å². The third-order valence-electron chi connectivity index (χ3n) is 7.74. The van der Waals surface area contributed by atoms with E-state index in [0.717, 1.165) is 40.5 Å². The minimum atomic E-state index is -0.497. The van der Waals surface area contributed by atoms with Crippen molar-refractivity contribution in [2.45, 2.75) is 52.0 Å². The number of rotatable bonds is 6. The number of allylic oxidation sites excluding steroid dienone is 1. The fourth-order valence-corrected chi connectivity index (χ4v) is 5.66. The molecule has 1 aliphatic carbocycles. The molecule has 1 aromatic heterocycles. The lowest BCUT2D eigenvalue weighted by atomic mass is 9.94. The molecule has 9 heteroatoms.